The van der Waals surface area contributed by atoms with Gasteiger partial charge in [0, 0.05) is 20.0 Å². The van der Waals surface area contributed by atoms with Crippen molar-refractivity contribution >= 4 is 18.0 Å². The Morgan fingerprint density at radius 3 is 2.25 bits per heavy atom. The maximum Gasteiger partial charge on any atom is 0.326 e. The topological polar surface area (TPSA) is 127 Å². The first-order valence-corrected chi connectivity index (χ1v) is 6.38. The second-order valence-electron chi connectivity index (χ2n) is 4.69. The van der Waals surface area contributed by atoms with Crippen LogP contribution in [-0.4, -0.2) is 63.9 Å². The molecule has 1 unspecified atom stereocenters. The lowest BCUT2D eigenvalue weighted by molar-refractivity contribution is -0.140. The van der Waals surface area contributed by atoms with Crippen LogP contribution in [0.5, 0.6) is 0 Å². The minimum Gasteiger partial charge on any atom is -0.481 e. The van der Waals surface area contributed by atoms with Gasteiger partial charge in [-0.2, -0.15) is 0 Å². The van der Waals surface area contributed by atoms with Crippen LogP contribution < -0.4 is 5.32 Å². The molecule has 8 nitrogen and oxygen atoms in total. The minimum atomic E-state index is -1.20. The molecule has 0 aromatic heterocycles. The van der Waals surface area contributed by atoms with E-state index in [1.54, 1.807) is 6.92 Å². The van der Waals surface area contributed by atoms with Crippen molar-refractivity contribution in [3.63, 3.8) is 0 Å². The van der Waals surface area contributed by atoms with E-state index in [0.29, 0.717) is 13.0 Å². The molecule has 4 N–H and O–H groups in total. The van der Waals surface area contributed by atoms with Gasteiger partial charge in [0.2, 0.25) is 0 Å². The molecule has 0 aliphatic carbocycles. The van der Waals surface area contributed by atoms with Gasteiger partial charge in [-0.15, -0.1) is 0 Å². The number of aliphatic carboxylic acids is 2. The smallest absolute Gasteiger partial charge is 0.326 e. The lowest BCUT2D eigenvalue weighted by atomic mass is 10.1. The van der Waals surface area contributed by atoms with Crippen molar-refractivity contribution in [2.75, 3.05) is 13.6 Å². The van der Waals surface area contributed by atoms with E-state index in [4.69, 9.17) is 15.3 Å². The number of urea groups is 1. The highest BCUT2D eigenvalue weighted by Gasteiger charge is 2.21. The average molecular weight is 290 g/mol. The summed E-state index contributed by atoms with van der Waals surface area (Å²) >= 11 is 0. The zero-order chi connectivity index (χ0) is 15.7. The summed E-state index contributed by atoms with van der Waals surface area (Å²) in [6.45, 7) is 1.89. The van der Waals surface area contributed by atoms with E-state index in [2.05, 4.69) is 5.32 Å². The van der Waals surface area contributed by atoms with Gasteiger partial charge in [0.1, 0.15) is 6.04 Å². The fraction of sp³-hybridized carbons (Fsp3) is 0.750. The molecule has 0 aromatic carbocycles. The number of aliphatic hydroxyl groups is 1. The molecule has 8 heteroatoms. The van der Waals surface area contributed by atoms with Gasteiger partial charge in [-0.05, 0) is 26.2 Å². The van der Waals surface area contributed by atoms with Crippen molar-refractivity contribution in [3.8, 4) is 0 Å². The number of rotatable bonds is 9. The van der Waals surface area contributed by atoms with Gasteiger partial charge < -0.3 is 25.5 Å². The molecular weight excluding hydrogens is 268 g/mol. The third-order valence-corrected chi connectivity index (χ3v) is 2.71. The number of carbonyl (C=O) groups excluding carboxylic acids is 1. The number of hydrogen-bond donors (Lipinski definition) is 4. The van der Waals surface area contributed by atoms with E-state index in [1.807, 2.05) is 0 Å². The zero-order valence-electron chi connectivity index (χ0n) is 11.7. The molecule has 20 heavy (non-hydrogen) atoms. The van der Waals surface area contributed by atoms with Crippen LogP contribution in [0.2, 0.25) is 0 Å². The Labute approximate surface area is 117 Å². The summed E-state index contributed by atoms with van der Waals surface area (Å²) in [7, 11) is 1.49. The maximum atomic E-state index is 11.7. The molecule has 0 aromatic rings. The van der Waals surface area contributed by atoms with Gasteiger partial charge >= 0.3 is 18.0 Å². The molecule has 0 rings (SSSR count). The zero-order valence-corrected chi connectivity index (χ0v) is 11.7. The van der Waals surface area contributed by atoms with Crippen LogP contribution in [-0.2, 0) is 9.59 Å². The molecule has 0 bridgehead atoms. The SMILES string of the molecule is CC(O)CCN(C)C(=O)N[C@H](CCCC(=O)O)C(=O)O. The summed E-state index contributed by atoms with van der Waals surface area (Å²) in [6.07, 6.45) is -0.0733. The van der Waals surface area contributed by atoms with E-state index >= 15 is 0 Å². The molecule has 0 heterocycles. The lowest BCUT2D eigenvalue weighted by Crippen LogP contribution is -2.47. The van der Waals surface area contributed by atoms with Crippen molar-refractivity contribution in [2.45, 2.75) is 44.8 Å². The van der Waals surface area contributed by atoms with Crippen LogP contribution in [0.15, 0.2) is 0 Å². The van der Waals surface area contributed by atoms with Crippen LogP contribution in [0.25, 0.3) is 0 Å². The van der Waals surface area contributed by atoms with Gasteiger partial charge in [0.25, 0.3) is 0 Å². The minimum absolute atomic E-state index is 0.0532. The van der Waals surface area contributed by atoms with Crippen molar-refractivity contribution < 1.29 is 29.7 Å². The number of nitrogens with one attached hydrogen (secondary N) is 1. The summed E-state index contributed by atoms with van der Waals surface area (Å²) in [5, 5.41) is 28.9. The Balaban J connectivity index is 4.25. The Morgan fingerprint density at radius 1 is 1.20 bits per heavy atom. The van der Waals surface area contributed by atoms with Crippen molar-refractivity contribution in [1.29, 1.82) is 0 Å². The van der Waals surface area contributed by atoms with E-state index in [-0.39, 0.29) is 19.3 Å². The first-order chi connectivity index (χ1) is 9.23. The van der Waals surface area contributed by atoms with Crippen LogP contribution >= 0.6 is 0 Å². The van der Waals surface area contributed by atoms with Crippen molar-refractivity contribution in [1.82, 2.24) is 10.2 Å². The Kier molecular flexibility index (Phi) is 8.30. The number of aliphatic hydroxyl groups excluding tert-OH is 1. The molecule has 0 aliphatic rings. The molecular formula is C12H22N2O6. The van der Waals surface area contributed by atoms with Crippen molar-refractivity contribution in [2.24, 2.45) is 0 Å². The van der Waals surface area contributed by atoms with E-state index in [0.717, 1.165) is 0 Å². The van der Waals surface area contributed by atoms with E-state index in [1.165, 1.54) is 11.9 Å². The lowest BCUT2D eigenvalue weighted by Gasteiger charge is -2.21. The molecule has 0 aliphatic heterocycles. The van der Waals surface area contributed by atoms with E-state index in [9.17, 15) is 14.4 Å². The van der Waals surface area contributed by atoms with Gasteiger partial charge in [0.15, 0.2) is 0 Å². The largest absolute Gasteiger partial charge is 0.481 e. The molecule has 116 valence electrons. The Hall–Kier alpha value is -1.83. The van der Waals surface area contributed by atoms with Gasteiger partial charge in [-0.1, -0.05) is 0 Å². The molecule has 0 fully saturated rings. The van der Waals surface area contributed by atoms with Gasteiger partial charge in [-0.25, -0.2) is 9.59 Å². The first kappa shape index (κ1) is 18.2. The first-order valence-electron chi connectivity index (χ1n) is 6.38. The van der Waals surface area contributed by atoms with Crippen LogP contribution in [0.3, 0.4) is 0 Å². The van der Waals surface area contributed by atoms with Crippen LogP contribution in [0.1, 0.15) is 32.6 Å². The summed E-state index contributed by atoms with van der Waals surface area (Å²) in [5.74, 6) is -2.21. The van der Waals surface area contributed by atoms with Crippen molar-refractivity contribution in [3.05, 3.63) is 0 Å². The summed E-state index contributed by atoms with van der Waals surface area (Å²) in [5.41, 5.74) is 0. The number of hydrogen-bond acceptors (Lipinski definition) is 4. The molecule has 0 spiro atoms. The normalized spacial score (nSPS) is 13.3. The fourth-order valence-electron chi connectivity index (χ4n) is 1.46. The molecule has 0 saturated carbocycles. The predicted octanol–water partition coefficient (Wildman–Crippen LogP) is 0.107. The molecule has 2 amide bonds. The predicted molar refractivity (Wildman–Crippen MR) is 70.4 cm³/mol. The summed E-state index contributed by atoms with van der Waals surface area (Å²) < 4.78 is 0. The van der Waals surface area contributed by atoms with Gasteiger partial charge in [-0.3, -0.25) is 4.79 Å². The molecule has 0 saturated heterocycles. The number of carboxylic acid groups (broad SMARTS) is 2. The number of nitrogens with zero attached hydrogens (tertiary/aromatic N) is 1. The molecule has 2 atom stereocenters. The van der Waals surface area contributed by atoms with Crippen LogP contribution in [0.4, 0.5) is 4.79 Å². The van der Waals surface area contributed by atoms with Crippen LogP contribution in [0, 0.1) is 0 Å². The average Bonchev–Trinajstić information content (AvgIpc) is 2.33. The van der Waals surface area contributed by atoms with E-state index < -0.39 is 30.1 Å². The Morgan fingerprint density at radius 2 is 1.80 bits per heavy atom. The number of carbonyl (C=O) groups is 3. The fourth-order valence-corrected chi connectivity index (χ4v) is 1.46. The monoisotopic (exact) mass is 290 g/mol. The second-order valence-corrected chi connectivity index (χ2v) is 4.69. The number of carboxylic acids is 2. The third kappa shape index (κ3) is 8.30. The standard InChI is InChI=1S/C12H22N2O6/c1-8(15)6-7-14(2)12(20)13-9(11(18)19)4-3-5-10(16)17/h8-9,15H,3-7H2,1-2H3,(H,13,20)(H,16,17)(H,18,19)/t8?,9-/m1/s1. The second kappa shape index (κ2) is 9.13. The number of amides is 2. The molecule has 0 radical (unpaired) electrons. The summed E-state index contributed by atoms with van der Waals surface area (Å²) in [6, 6.07) is -1.68. The Bertz CT molecular complexity index is 345. The highest BCUT2D eigenvalue weighted by atomic mass is 16.4. The van der Waals surface area contributed by atoms with Gasteiger partial charge in [0.05, 0.1) is 6.10 Å². The highest BCUT2D eigenvalue weighted by Crippen LogP contribution is 2.03. The quantitative estimate of drug-likeness (QED) is 0.477. The highest BCUT2D eigenvalue weighted by molar-refractivity contribution is 5.82. The third-order valence-electron chi connectivity index (χ3n) is 2.71. The maximum absolute atomic E-state index is 11.7. The summed E-state index contributed by atoms with van der Waals surface area (Å²) in [4.78, 5) is 34.3.